The summed E-state index contributed by atoms with van der Waals surface area (Å²) in [6.45, 7) is 0.710. The van der Waals surface area contributed by atoms with E-state index in [0.29, 0.717) is 40.4 Å². The first-order chi connectivity index (χ1) is 14.4. The lowest BCUT2D eigenvalue weighted by atomic mass is 10.1. The Balaban J connectivity index is 1.72. The van der Waals surface area contributed by atoms with E-state index in [-0.39, 0.29) is 10.6 Å². The highest BCUT2D eigenvalue weighted by Gasteiger charge is 2.13. The summed E-state index contributed by atoms with van der Waals surface area (Å²) in [4.78, 5) is 11.2. The standard InChI is InChI=1S/C22H18Cl3NO4/c1-29-20-9-14(11-26-16-6-7-18(24)17(10-16)22(27)28)8-19(25)21(20)30-12-13-2-4-15(23)5-3-13/h2-10,26H,11-12H2,1H3,(H,27,28). The molecule has 0 aromatic heterocycles. The number of carboxylic acids is 1. The van der Waals surface area contributed by atoms with Gasteiger partial charge in [0.1, 0.15) is 6.61 Å². The summed E-state index contributed by atoms with van der Waals surface area (Å²) in [5.74, 6) is -0.149. The fraction of sp³-hybridized carbons (Fsp3) is 0.136. The molecule has 0 saturated heterocycles. The molecule has 30 heavy (non-hydrogen) atoms. The zero-order chi connectivity index (χ0) is 21.7. The van der Waals surface area contributed by atoms with Crippen molar-refractivity contribution >= 4 is 46.5 Å². The normalized spacial score (nSPS) is 10.5. The third kappa shape index (κ3) is 5.51. The number of benzene rings is 3. The second kappa shape index (κ2) is 9.94. The molecule has 0 aliphatic rings. The smallest absolute Gasteiger partial charge is 0.337 e. The van der Waals surface area contributed by atoms with E-state index in [9.17, 15) is 9.90 Å². The van der Waals surface area contributed by atoms with Crippen molar-refractivity contribution < 1.29 is 19.4 Å². The van der Waals surface area contributed by atoms with Crippen molar-refractivity contribution in [3.05, 3.63) is 86.4 Å². The van der Waals surface area contributed by atoms with Gasteiger partial charge in [-0.25, -0.2) is 4.79 Å². The molecule has 0 fully saturated rings. The molecule has 0 bridgehead atoms. The molecule has 0 heterocycles. The van der Waals surface area contributed by atoms with Gasteiger partial charge in [0.05, 0.1) is 22.7 Å². The molecule has 0 aliphatic carbocycles. The molecule has 5 nitrogen and oxygen atoms in total. The van der Waals surface area contributed by atoms with Gasteiger partial charge in [0.2, 0.25) is 0 Å². The fourth-order valence-electron chi connectivity index (χ4n) is 2.75. The summed E-state index contributed by atoms with van der Waals surface area (Å²) >= 11 is 18.2. The lowest BCUT2D eigenvalue weighted by Gasteiger charge is -2.15. The molecule has 0 amide bonds. The van der Waals surface area contributed by atoms with Crippen LogP contribution in [0.1, 0.15) is 21.5 Å². The molecule has 0 saturated carbocycles. The van der Waals surface area contributed by atoms with Gasteiger partial charge in [0.25, 0.3) is 0 Å². The number of methoxy groups -OCH3 is 1. The maximum absolute atomic E-state index is 11.2. The topological polar surface area (TPSA) is 67.8 Å². The largest absolute Gasteiger partial charge is 0.493 e. The molecule has 0 unspecified atom stereocenters. The third-order valence-electron chi connectivity index (χ3n) is 4.28. The van der Waals surface area contributed by atoms with Crippen LogP contribution in [0.5, 0.6) is 11.5 Å². The highest BCUT2D eigenvalue weighted by Crippen LogP contribution is 2.37. The van der Waals surface area contributed by atoms with Gasteiger partial charge >= 0.3 is 5.97 Å². The Bertz CT molecular complexity index is 1050. The molecular weight excluding hydrogens is 449 g/mol. The lowest BCUT2D eigenvalue weighted by Crippen LogP contribution is -2.04. The van der Waals surface area contributed by atoms with E-state index >= 15 is 0 Å². The number of hydrogen-bond donors (Lipinski definition) is 2. The van der Waals surface area contributed by atoms with Crippen LogP contribution < -0.4 is 14.8 Å². The highest BCUT2D eigenvalue weighted by molar-refractivity contribution is 6.33. The van der Waals surface area contributed by atoms with Crippen LogP contribution in [-0.4, -0.2) is 18.2 Å². The number of anilines is 1. The van der Waals surface area contributed by atoms with Gasteiger partial charge in [0.15, 0.2) is 11.5 Å². The average Bonchev–Trinajstić information content (AvgIpc) is 2.73. The van der Waals surface area contributed by atoms with Gasteiger partial charge in [-0.1, -0.05) is 46.9 Å². The molecule has 3 aromatic carbocycles. The van der Waals surface area contributed by atoms with Crippen molar-refractivity contribution in [2.45, 2.75) is 13.2 Å². The molecule has 2 N–H and O–H groups in total. The SMILES string of the molecule is COc1cc(CNc2ccc(Cl)c(C(=O)O)c2)cc(Cl)c1OCc1ccc(Cl)cc1. The summed E-state index contributed by atoms with van der Waals surface area (Å²) in [5.41, 5.74) is 2.43. The number of ether oxygens (including phenoxy) is 2. The number of halogens is 3. The van der Waals surface area contributed by atoms with E-state index in [1.807, 2.05) is 18.2 Å². The summed E-state index contributed by atoms with van der Waals surface area (Å²) in [6.07, 6.45) is 0. The maximum atomic E-state index is 11.2. The summed E-state index contributed by atoms with van der Waals surface area (Å²) in [7, 11) is 1.54. The molecule has 0 atom stereocenters. The van der Waals surface area contributed by atoms with Crippen LogP contribution in [0.3, 0.4) is 0 Å². The molecule has 0 radical (unpaired) electrons. The first-order valence-electron chi connectivity index (χ1n) is 8.87. The Morgan fingerprint density at radius 3 is 2.37 bits per heavy atom. The molecule has 8 heteroatoms. The minimum atomic E-state index is -1.09. The molecule has 3 aromatic rings. The number of aromatic carboxylic acids is 1. The van der Waals surface area contributed by atoms with Crippen LogP contribution >= 0.6 is 34.8 Å². The average molecular weight is 467 g/mol. The van der Waals surface area contributed by atoms with Crippen LogP contribution in [-0.2, 0) is 13.2 Å². The fourth-order valence-corrected chi connectivity index (χ4v) is 3.37. The van der Waals surface area contributed by atoms with Crippen molar-refractivity contribution in [1.29, 1.82) is 0 Å². The summed E-state index contributed by atoms with van der Waals surface area (Å²) in [5, 5.41) is 13.6. The van der Waals surface area contributed by atoms with Crippen molar-refractivity contribution in [3.8, 4) is 11.5 Å². The van der Waals surface area contributed by atoms with Crippen molar-refractivity contribution in [1.82, 2.24) is 0 Å². The van der Waals surface area contributed by atoms with Gasteiger partial charge in [-0.2, -0.15) is 0 Å². The number of hydrogen-bond acceptors (Lipinski definition) is 4. The molecule has 0 spiro atoms. The minimum absolute atomic E-state index is 0.0308. The van der Waals surface area contributed by atoms with Crippen LogP contribution in [0.2, 0.25) is 15.1 Å². The summed E-state index contributed by atoms with van der Waals surface area (Å²) < 4.78 is 11.3. The van der Waals surface area contributed by atoms with Crippen molar-refractivity contribution in [2.75, 3.05) is 12.4 Å². The zero-order valence-electron chi connectivity index (χ0n) is 15.9. The zero-order valence-corrected chi connectivity index (χ0v) is 18.2. The van der Waals surface area contributed by atoms with E-state index in [1.54, 1.807) is 24.3 Å². The second-order valence-corrected chi connectivity index (χ2v) is 7.63. The Kier molecular flexibility index (Phi) is 7.32. The van der Waals surface area contributed by atoms with E-state index in [1.165, 1.54) is 19.2 Å². The second-order valence-electron chi connectivity index (χ2n) is 6.38. The lowest BCUT2D eigenvalue weighted by molar-refractivity contribution is 0.0697. The predicted molar refractivity (Wildman–Crippen MR) is 120 cm³/mol. The van der Waals surface area contributed by atoms with Gasteiger partial charge in [-0.15, -0.1) is 0 Å². The Morgan fingerprint density at radius 1 is 0.967 bits per heavy atom. The highest BCUT2D eigenvalue weighted by atomic mass is 35.5. The maximum Gasteiger partial charge on any atom is 0.337 e. The van der Waals surface area contributed by atoms with E-state index in [0.717, 1.165) is 11.1 Å². The van der Waals surface area contributed by atoms with Gasteiger partial charge in [-0.05, 0) is 53.6 Å². The van der Waals surface area contributed by atoms with Crippen LogP contribution in [0.4, 0.5) is 5.69 Å². The Morgan fingerprint density at radius 2 is 1.70 bits per heavy atom. The monoisotopic (exact) mass is 465 g/mol. The number of carbonyl (C=O) groups is 1. The van der Waals surface area contributed by atoms with E-state index in [4.69, 9.17) is 44.3 Å². The first-order valence-corrected chi connectivity index (χ1v) is 10.0. The Hall–Kier alpha value is -2.60. The Labute approximate surface area is 189 Å². The predicted octanol–water partition coefficient (Wildman–Crippen LogP) is 6.54. The molecule has 3 rings (SSSR count). The van der Waals surface area contributed by atoms with E-state index < -0.39 is 5.97 Å². The van der Waals surface area contributed by atoms with Crippen molar-refractivity contribution in [2.24, 2.45) is 0 Å². The first kappa shape index (κ1) is 22.1. The molecule has 156 valence electrons. The minimum Gasteiger partial charge on any atom is -0.493 e. The van der Waals surface area contributed by atoms with Crippen molar-refractivity contribution in [3.63, 3.8) is 0 Å². The number of carboxylic acid groups (broad SMARTS) is 1. The van der Waals surface area contributed by atoms with Crippen LogP contribution in [0.15, 0.2) is 54.6 Å². The van der Waals surface area contributed by atoms with Gasteiger partial charge in [0, 0.05) is 17.3 Å². The van der Waals surface area contributed by atoms with E-state index in [2.05, 4.69) is 5.32 Å². The summed E-state index contributed by atoms with van der Waals surface area (Å²) in [6, 6.07) is 15.6. The van der Waals surface area contributed by atoms with Crippen LogP contribution in [0, 0.1) is 0 Å². The molecular formula is C22H18Cl3NO4. The van der Waals surface area contributed by atoms with Crippen LogP contribution in [0.25, 0.3) is 0 Å². The number of nitrogens with one attached hydrogen (secondary N) is 1. The number of rotatable bonds is 8. The third-order valence-corrected chi connectivity index (χ3v) is 5.14. The molecule has 0 aliphatic heterocycles. The quantitative estimate of drug-likeness (QED) is 0.394. The van der Waals surface area contributed by atoms with Gasteiger partial charge in [-0.3, -0.25) is 0 Å². The van der Waals surface area contributed by atoms with Gasteiger partial charge < -0.3 is 19.9 Å².